The summed E-state index contributed by atoms with van der Waals surface area (Å²) in [6.45, 7) is 2.38. The van der Waals surface area contributed by atoms with Gasteiger partial charge in [-0.2, -0.15) is 13.2 Å². The van der Waals surface area contributed by atoms with Gasteiger partial charge >= 0.3 is 6.18 Å². The molecular formula is C21H36F3N3O3S. The van der Waals surface area contributed by atoms with Gasteiger partial charge in [0, 0.05) is 19.0 Å². The quantitative estimate of drug-likeness (QED) is 0.650. The fraction of sp³-hybridized carbons (Fsp3) is 0.952. The van der Waals surface area contributed by atoms with Crippen molar-refractivity contribution in [2.24, 2.45) is 17.8 Å². The maximum absolute atomic E-state index is 13.2. The Morgan fingerprint density at radius 1 is 1.03 bits per heavy atom. The van der Waals surface area contributed by atoms with E-state index in [-0.39, 0.29) is 37.8 Å². The number of carbonyl (C=O) groups excluding carboxylic acids is 1. The summed E-state index contributed by atoms with van der Waals surface area (Å²) in [5.41, 5.74) is 0. The Morgan fingerprint density at radius 2 is 1.71 bits per heavy atom. The van der Waals surface area contributed by atoms with Gasteiger partial charge in [-0.05, 0) is 70.3 Å². The highest BCUT2D eigenvalue weighted by atomic mass is 32.2. The first-order valence-electron chi connectivity index (χ1n) is 11.6. The van der Waals surface area contributed by atoms with E-state index in [1.165, 1.54) is 4.31 Å². The molecule has 0 radical (unpaired) electrons. The molecule has 1 saturated heterocycles. The molecule has 10 heteroatoms. The average molecular weight is 468 g/mol. The van der Waals surface area contributed by atoms with Gasteiger partial charge < -0.3 is 5.32 Å². The van der Waals surface area contributed by atoms with Gasteiger partial charge in [0.05, 0.1) is 17.3 Å². The van der Waals surface area contributed by atoms with E-state index in [2.05, 4.69) is 17.6 Å². The number of piperidine rings is 1. The summed E-state index contributed by atoms with van der Waals surface area (Å²) in [7, 11) is -1.86. The predicted molar refractivity (Wildman–Crippen MR) is 113 cm³/mol. The standard InChI is InChI=1S/C21H36F3N3O3S/c1-14-6-8-17(9-7-14)27(2)31(29,30)18-5-3-4-15(12-18)20(28)26-19-13-16(10-11-25-19)21(22,23)24/h14-19,25H,3-13H2,1-2H3,(H,26,28). The molecule has 4 unspecified atom stereocenters. The van der Waals surface area contributed by atoms with E-state index in [9.17, 15) is 26.4 Å². The smallest absolute Gasteiger partial charge is 0.341 e. The first kappa shape index (κ1) is 24.8. The van der Waals surface area contributed by atoms with E-state index in [1.54, 1.807) is 7.05 Å². The molecule has 2 N–H and O–H groups in total. The normalized spacial score (nSPS) is 35.7. The highest BCUT2D eigenvalue weighted by Crippen LogP contribution is 2.35. The van der Waals surface area contributed by atoms with E-state index in [4.69, 9.17) is 0 Å². The third kappa shape index (κ3) is 6.13. The van der Waals surface area contributed by atoms with Crippen LogP contribution in [-0.4, -0.2) is 55.9 Å². The molecule has 4 atom stereocenters. The molecule has 31 heavy (non-hydrogen) atoms. The zero-order valence-corrected chi connectivity index (χ0v) is 19.3. The van der Waals surface area contributed by atoms with Crippen LogP contribution in [0.2, 0.25) is 0 Å². The van der Waals surface area contributed by atoms with Crippen LogP contribution < -0.4 is 10.6 Å². The molecule has 180 valence electrons. The van der Waals surface area contributed by atoms with E-state index in [0.717, 1.165) is 25.7 Å². The summed E-state index contributed by atoms with van der Waals surface area (Å²) in [5, 5.41) is 5.03. The second-order valence-corrected chi connectivity index (χ2v) is 12.0. The van der Waals surface area contributed by atoms with Crippen LogP contribution in [0, 0.1) is 17.8 Å². The largest absolute Gasteiger partial charge is 0.391 e. The summed E-state index contributed by atoms with van der Waals surface area (Å²) < 4.78 is 67.1. The SMILES string of the molecule is CC1CCC(N(C)S(=O)(=O)C2CCCC(C(=O)NC3CC(C(F)(F)F)CCN3)C2)CC1. The summed E-state index contributed by atoms with van der Waals surface area (Å²) in [5.74, 6) is -1.62. The molecular weight excluding hydrogens is 431 g/mol. The number of alkyl halides is 3. The molecule has 1 amide bonds. The van der Waals surface area contributed by atoms with Crippen LogP contribution in [0.15, 0.2) is 0 Å². The molecule has 0 aromatic carbocycles. The van der Waals surface area contributed by atoms with Crippen molar-refractivity contribution in [2.75, 3.05) is 13.6 Å². The van der Waals surface area contributed by atoms with Crippen LogP contribution >= 0.6 is 0 Å². The monoisotopic (exact) mass is 467 g/mol. The number of halogens is 3. The summed E-state index contributed by atoms with van der Waals surface area (Å²) >= 11 is 0. The number of hydrogen-bond donors (Lipinski definition) is 2. The van der Waals surface area contributed by atoms with Crippen molar-refractivity contribution in [3.63, 3.8) is 0 Å². The Hall–Kier alpha value is -0.870. The molecule has 2 aliphatic carbocycles. The van der Waals surface area contributed by atoms with Crippen LogP contribution in [0.4, 0.5) is 13.2 Å². The van der Waals surface area contributed by atoms with Gasteiger partial charge in [-0.1, -0.05) is 13.3 Å². The Balaban J connectivity index is 1.57. The molecule has 0 spiro atoms. The van der Waals surface area contributed by atoms with Gasteiger partial charge in [-0.25, -0.2) is 12.7 Å². The van der Waals surface area contributed by atoms with E-state index in [0.29, 0.717) is 25.2 Å². The van der Waals surface area contributed by atoms with Crippen molar-refractivity contribution < 1.29 is 26.4 Å². The number of hydrogen-bond acceptors (Lipinski definition) is 4. The topological polar surface area (TPSA) is 78.5 Å². The number of amides is 1. The maximum atomic E-state index is 13.2. The Labute approximate surface area is 183 Å². The third-order valence-corrected chi connectivity index (χ3v) is 9.87. The van der Waals surface area contributed by atoms with Gasteiger partial charge in [0.25, 0.3) is 0 Å². The van der Waals surface area contributed by atoms with Gasteiger partial charge in [-0.3, -0.25) is 10.1 Å². The number of nitrogens with one attached hydrogen (secondary N) is 2. The number of carbonyl (C=O) groups is 1. The molecule has 3 aliphatic rings. The minimum Gasteiger partial charge on any atom is -0.341 e. The summed E-state index contributed by atoms with van der Waals surface area (Å²) in [6, 6.07) is 0.0149. The van der Waals surface area contributed by atoms with Crippen molar-refractivity contribution in [3.05, 3.63) is 0 Å². The Bertz CT molecular complexity index is 723. The van der Waals surface area contributed by atoms with E-state index >= 15 is 0 Å². The van der Waals surface area contributed by atoms with Crippen LogP contribution in [0.3, 0.4) is 0 Å². The summed E-state index contributed by atoms with van der Waals surface area (Å²) in [4.78, 5) is 12.8. The maximum Gasteiger partial charge on any atom is 0.391 e. The van der Waals surface area contributed by atoms with Gasteiger partial charge in [0.15, 0.2) is 0 Å². The zero-order valence-electron chi connectivity index (χ0n) is 18.5. The van der Waals surface area contributed by atoms with Crippen LogP contribution in [0.1, 0.15) is 71.1 Å². The lowest BCUT2D eigenvalue weighted by Crippen LogP contribution is -2.54. The van der Waals surface area contributed by atoms with Crippen LogP contribution in [0.25, 0.3) is 0 Å². The molecule has 1 aliphatic heterocycles. The second-order valence-electron chi connectivity index (χ2n) is 9.74. The van der Waals surface area contributed by atoms with Gasteiger partial charge in [0.1, 0.15) is 0 Å². The van der Waals surface area contributed by atoms with Gasteiger partial charge in [0.2, 0.25) is 15.9 Å². The lowest BCUT2D eigenvalue weighted by Gasteiger charge is -2.37. The fourth-order valence-corrected chi connectivity index (χ4v) is 7.35. The highest BCUT2D eigenvalue weighted by molar-refractivity contribution is 7.89. The lowest BCUT2D eigenvalue weighted by molar-refractivity contribution is -0.184. The van der Waals surface area contributed by atoms with Crippen LogP contribution in [-0.2, 0) is 14.8 Å². The Morgan fingerprint density at radius 3 is 2.35 bits per heavy atom. The minimum absolute atomic E-state index is 0.00585. The zero-order chi connectivity index (χ0) is 22.8. The molecule has 3 rings (SSSR count). The lowest BCUT2D eigenvalue weighted by atomic mass is 9.87. The van der Waals surface area contributed by atoms with Crippen molar-refractivity contribution in [1.82, 2.24) is 14.9 Å². The van der Waals surface area contributed by atoms with Crippen molar-refractivity contribution in [2.45, 2.75) is 94.8 Å². The summed E-state index contributed by atoms with van der Waals surface area (Å²) in [6.07, 6.45) is 0.544. The molecule has 0 bridgehead atoms. The van der Waals surface area contributed by atoms with Crippen molar-refractivity contribution in [3.8, 4) is 0 Å². The number of rotatable bonds is 5. The first-order valence-corrected chi connectivity index (χ1v) is 13.1. The predicted octanol–water partition coefficient (Wildman–Crippen LogP) is 3.39. The first-order chi connectivity index (χ1) is 14.5. The highest BCUT2D eigenvalue weighted by Gasteiger charge is 2.43. The molecule has 2 saturated carbocycles. The minimum atomic E-state index is -4.27. The van der Waals surface area contributed by atoms with Gasteiger partial charge in [-0.15, -0.1) is 0 Å². The molecule has 0 aromatic heterocycles. The van der Waals surface area contributed by atoms with Crippen molar-refractivity contribution in [1.29, 1.82) is 0 Å². The molecule has 6 nitrogen and oxygen atoms in total. The number of nitrogens with zero attached hydrogens (tertiary/aromatic N) is 1. The molecule has 3 fully saturated rings. The van der Waals surface area contributed by atoms with E-state index in [1.807, 2.05) is 0 Å². The molecule has 0 aromatic rings. The second kappa shape index (κ2) is 9.95. The Kier molecular flexibility index (Phi) is 7.95. The third-order valence-electron chi connectivity index (χ3n) is 7.50. The van der Waals surface area contributed by atoms with E-state index < -0.39 is 39.5 Å². The average Bonchev–Trinajstić information content (AvgIpc) is 2.73. The molecule has 1 heterocycles. The van der Waals surface area contributed by atoms with Crippen molar-refractivity contribution >= 4 is 15.9 Å². The van der Waals surface area contributed by atoms with Crippen LogP contribution in [0.5, 0.6) is 0 Å². The fourth-order valence-electron chi connectivity index (χ4n) is 5.32. The number of sulfonamides is 1.